The van der Waals surface area contributed by atoms with Gasteiger partial charge >= 0.3 is 0 Å². The number of aliphatic imine (C=N–C) groups is 1. The van der Waals surface area contributed by atoms with Crippen LogP contribution < -0.4 is 9.47 Å². The quantitative estimate of drug-likeness (QED) is 0.838. The lowest BCUT2D eigenvalue weighted by Crippen LogP contribution is -2.18. The standard InChI is InChI=1S/C18H23NO2/c1-20-17-8-7-13(12-18(17)21-2)11-16-15-6-4-3-5-14(15)9-10-19-16/h7-8,12H,3-6,9-11H2,1-2H3. The van der Waals surface area contributed by atoms with E-state index in [9.17, 15) is 0 Å². The Balaban J connectivity index is 1.83. The van der Waals surface area contributed by atoms with Crippen LogP contribution in [0.4, 0.5) is 0 Å². The monoisotopic (exact) mass is 285 g/mol. The van der Waals surface area contributed by atoms with Crippen LogP contribution >= 0.6 is 0 Å². The molecule has 1 heterocycles. The normalized spacial score (nSPS) is 18.1. The lowest BCUT2D eigenvalue weighted by Gasteiger charge is -2.25. The van der Waals surface area contributed by atoms with E-state index >= 15 is 0 Å². The Morgan fingerprint density at radius 3 is 2.62 bits per heavy atom. The molecule has 0 saturated carbocycles. The van der Waals surface area contributed by atoms with Crippen molar-refractivity contribution in [3.05, 3.63) is 34.9 Å². The van der Waals surface area contributed by atoms with Gasteiger partial charge in [0, 0.05) is 18.7 Å². The summed E-state index contributed by atoms with van der Waals surface area (Å²) in [6.07, 6.45) is 7.22. The third-order valence-corrected chi connectivity index (χ3v) is 4.47. The average molecular weight is 285 g/mol. The van der Waals surface area contributed by atoms with E-state index in [1.54, 1.807) is 25.4 Å². The Bertz CT molecular complexity index is 587. The summed E-state index contributed by atoms with van der Waals surface area (Å²) in [6, 6.07) is 6.16. The molecule has 112 valence electrons. The molecule has 3 heteroatoms. The van der Waals surface area contributed by atoms with Gasteiger partial charge < -0.3 is 9.47 Å². The van der Waals surface area contributed by atoms with Crippen molar-refractivity contribution in [3.63, 3.8) is 0 Å². The van der Waals surface area contributed by atoms with Crippen molar-refractivity contribution in [1.82, 2.24) is 0 Å². The summed E-state index contributed by atoms with van der Waals surface area (Å²) < 4.78 is 10.7. The summed E-state index contributed by atoms with van der Waals surface area (Å²) in [7, 11) is 3.35. The van der Waals surface area contributed by atoms with Gasteiger partial charge in [-0.25, -0.2) is 0 Å². The van der Waals surface area contributed by atoms with Crippen molar-refractivity contribution in [2.24, 2.45) is 4.99 Å². The number of dihydropyridines is 1. The minimum absolute atomic E-state index is 0.782. The first-order valence-corrected chi connectivity index (χ1v) is 7.77. The van der Waals surface area contributed by atoms with Crippen LogP contribution in [0.15, 0.2) is 34.3 Å². The fraction of sp³-hybridized carbons (Fsp3) is 0.500. The number of ether oxygens (including phenoxy) is 2. The van der Waals surface area contributed by atoms with Gasteiger partial charge in [0.05, 0.1) is 14.2 Å². The molecule has 0 radical (unpaired) electrons. The predicted molar refractivity (Wildman–Crippen MR) is 85.7 cm³/mol. The second-order valence-electron chi connectivity index (χ2n) is 5.73. The van der Waals surface area contributed by atoms with Crippen molar-refractivity contribution >= 4 is 5.71 Å². The number of hydrogen-bond acceptors (Lipinski definition) is 3. The third-order valence-electron chi connectivity index (χ3n) is 4.47. The van der Waals surface area contributed by atoms with Gasteiger partial charge in [0.15, 0.2) is 11.5 Å². The van der Waals surface area contributed by atoms with Gasteiger partial charge in [0.1, 0.15) is 0 Å². The Kier molecular flexibility index (Phi) is 4.28. The van der Waals surface area contributed by atoms with Crippen LogP contribution in [0.2, 0.25) is 0 Å². The van der Waals surface area contributed by atoms with Crippen molar-refractivity contribution in [2.45, 2.75) is 38.5 Å². The minimum Gasteiger partial charge on any atom is -0.493 e. The molecule has 1 aliphatic heterocycles. The molecule has 0 N–H and O–H groups in total. The highest BCUT2D eigenvalue weighted by molar-refractivity contribution is 6.02. The molecule has 2 aliphatic rings. The third kappa shape index (κ3) is 2.97. The number of rotatable bonds is 4. The molecular weight excluding hydrogens is 262 g/mol. The van der Waals surface area contributed by atoms with E-state index in [2.05, 4.69) is 12.1 Å². The van der Waals surface area contributed by atoms with Gasteiger partial charge in [-0.1, -0.05) is 11.6 Å². The smallest absolute Gasteiger partial charge is 0.160 e. The van der Waals surface area contributed by atoms with Crippen molar-refractivity contribution in [2.75, 3.05) is 20.8 Å². The van der Waals surface area contributed by atoms with E-state index in [1.807, 2.05) is 6.07 Å². The highest BCUT2D eigenvalue weighted by atomic mass is 16.5. The van der Waals surface area contributed by atoms with Gasteiger partial charge in [0.2, 0.25) is 0 Å². The van der Waals surface area contributed by atoms with Crippen LogP contribution in [-0.2, 0) is 6.42 Å². The molecule has 3 rings (SSSR count). The summed E-state index contributed by atoms with van der Waals surface area (Å²) in [5.74, 6) is 1.58. The van der Waals surface area contributed by atoms with Gasteiger partial charge in [-0.15, -0.1) is 0 Å². The first kappa shape index (κ1) is 14.2. The fourth-order valence-electron chi connectivity index (χ4n) is 3.36. The molecule has 0 bridgehead atoms. The largest absolute Gasteiger partial charge is 0.493 e. The molecule has 1 aromatic rings. The molecule has 0 unspecified atom stereocenters. The highest BCUT2D eigenvalue weighted by Crippen LogP contribution is 2.33. The zero-order valence-corrected chi connectivity index (χ0v) is 12.9. The number of methoxy groups -OCH3 is 2. The Morgan fingerprint density at radius 1 is 1.00 bits per heavy atom. The van der Waals surface area contributed by atoms with Crippen LogP contribution in [0, 0.1) is 0 Å². The fourth-order valence-corrected chi connectivity index (χ4v) is 3.36. The minimum atomic E-state index is 0.782. The van der Waals surface area contributed by atoms with E-state index in [0.717, 1.165) is 24.5 Å². The second-order valence-corrected chi connectivity index (χ2v) is 5.73. The molecule has 0 spiro atoms. The summed E-state index contributed by atoms with van der Waals surface area (Å²) in [4.78, 5) is 4.79. The van der Waals surface area contributed by atoms with Gasteiger partial charge in [-0.3, -0.25) is 4.99 Å². The Hall–Kier alpha value is -1.77. The zero-order valence-electron chi connectivity index (χ0n) is 12.9. The number of allylic oxidation sites excluding steroid dienone is 1. The Labute approximate surface area is 126 Å². The maximum Gasteiger partial charge on any atom is 0.160 e. The van der Waals surface area contributed by atoms with Gasteiger partial charge in [-0.2, -0.15) is 0 Å². The SMILES string of the molecule is COc1ccc(CC2=NCCC3=C2CCCC3)cc1OC. The number of benzene rings is 1. The summed E-state index contributed by atoms with van der Waals surface area (Å²) in [5, 5.41) is 0. The van der Waals surface area contributed by atoms with Crippen molar-refractivity contribution in [1.29, 1.82) is 0 Å². The summed E-state index contributed by atoms with van der Waals surface area (Å²) in [5.41, 5.74) is 5.74. The Morgan fingerprint density at radius 2 is 1.81 bits per heavy atom. The van der Waals surface area contributed by atoms with E-state index in [0.29, 0.717) is 0 Å². The molecule has 1 aliphatic carbocycles. The molecule has 0 amide bonds. The van der Waals surface area contributed by atoms with Crippen LogP contribution in [0.1, 0.15) is 37.7 Å². The number of nitrogens with zero attached hydrogens (tertiary/aromatic N) is 1. The molecular formula is C18H23NO2. The average Bonchev–Trinajstić information content (AvgIpc) is 2.55. The lowest BCUT2D eigenvalue weighted by molar-refractivity contribution is 0.354. The number of hydrogen-bond donors (Lipinski definition) is 0. The van der Waals surface area contributed by atoms with Gasteiger partial charge in [-0.05, 0) is 55.4 Å². The topological polar surface area (TPSA) is 30.8 Å². The zero-order chi connectivity index (χ0) is 14.7. The first-order valence-electron chi connectivity index (χ1n) is 7.77. The van der Waals surface area contributed by atoms with E-state index in [1.165, 1.54) is 43.4 Å². The molecule has 0 aromatic heterocycles. The van der Waals surface area contributed by atoms with E-state index < -0.39 is 0 Å². The van der Waals surface area contributed by atoms with Gasteiger partial charge in [0.25, 0.3) is 0 Å². The van der Waals surface area contributed by atoms with E-state index in [4.69, 9.17) is 14.5 Å². The second kappa shape index (κ2) is 6.33. The van der Waals surface area contributed by atoms with Crippen molar-refractivity contribution in [3.8, 4) is 11.5 Å². The van der Waals surface area contributed by atoms with Crippen LogP contribution in [-0.4, -0.2) is 26.5 Å². The van der Waals surface area contributed by atoms with Crippen LogP contribution in [0.3, 0.4) is 0 Å². The molecule has 21 heavy (non-hydrogen) atoms. The van der Waals surface area contributed by atoms with Crippen LogP contribution in [0.25, 0.3) is 0 Å². The summed E-state index contributed by atoms with van der Waals surface area (Å²) >= 11 is 0. The molecule has 0 saturated heterocycles. The van der Waals surface area contributed by atoms with Crippen LogP contribution in [0.5, 0.6) is 11.5 Å². The molecule has 0 fully saturated rings. The first-order chi connectivity index (χ1) is 10.3. The highest BCUT2D eigenvalue weighted by Gasteiger charge is 2.20. The molecule has 3 nitrogen and oxygen atoms in total. The van der Waals surface area contributed by atoms with Crippen molar-refractivity contribution < 1.29 is 9.47 Å². The maximum absolute atomic E-state index is 5.40. The maximum atomic E-state index is 5.40. The molecule has 1 aromatic carbocycles. The lowest BCUT2D eigenvalue weighted by atomic mass is 9.84. The van der Waals surface area contributed by atoms with E-state index in [-0.39, 0.29) is 0 Å². The molecule has 0 atom stereocenters. The predicted octanol–water partition coefficient (Wildman–Crippen LogP) is 3.96. The summed E-state index contributed by atoms with van der Waals surface area (Å²) in [6.45, 7) is 0.960.